The van der Waals surface area contributed by atoms with Gasteiger partial charge in [0.05, 0.1) is 30.7 Å². The van der Waals surface area contributed by atoms with Gasteiger partial charge in [-0.3, -0.25) is 9.59 Å². The van der Waals surface area contributed by atoms with Crippen molar-refractivity contribution in [3.8, 4) is 0 Å². The number of imide groups is 1. The Morgan fingerprint density at radius 3 is 2.57 bits per heavy atom. The highest BCUT2D eigenvalue weighted by atomic mass is 16.5. The summed E-state index contributed by atoms with van der Waals surface area (Å²) in [6, 6.07) is 9.04. The Bertz CT molecular complexity index is 738. The molecule has 5 nitrogen and oxygen atoms in total. The number of allylic oxidation sites excluding steroid dienone is 1. The van der Waals surface area contributed by atoms with Gasteiger partial charge in [-0.25, -0.2) is 4.90 Å². The fraction of sp³-hybridized carbons (Fsp3) is 0.333. The number of nitrogens with zero attached hydrogens (tertiary/aromatic N) is 2. The number of ether oxygens (including phenoxy) is 1. The summed E-state index contributed by atoms with van der Waals surface area (Å²) in [5.74, 6) is -0.127. The van der Waals surface area contributed by atoms with Gasteiger partial charge < -0.3 is 9.64 Å². The van der Waals surface area contributed by atoms with Crippen molar-refractivity contribution in [3.63, 3.8) is 0 Å². The summed E-state index contributed by atoms with van der Waals surface area (Å²) in [7, 11) is 3.56. The summed E-state index contributed by atoms with van der Waals surface area (Å²) >= 11 is 0. The zero-order valence-corrected chi connectivity index (χ0v) is 13.1. The van der Waals surface area contributed by atoms with E-state index in [1.807, 2.05) is 42.4 Å². The Hall–Kier alpha value is -2.56. The molecule has 0 N–H and O–H groups in total. The first kappa shape index (κ1) is 14.1. The minimum Gasteiger partial charge on any atom is -0.501 e. The van der Waals surface area contributed by atoms with Crippen molar-refractivity contribution in [1.82, 2.24) is 4.90 Å². The molecule has 5 heteroatoms. The molecule has 1 aromatic carbocycles. The van der Waals surface area contributed by atoms with E-state index in [0.717, 1.165) is 11.3 Å². The van der Waals surface area contributed by atoms with Crippen molar-refractivity contribution in [2.24, 2.45) is 11.8 Å². The van der Waals surface area contributed by atoms with Gasteiger partial charge in [-0.15, -0.1) is 0 Å². The molecule has 2 amide bonds. The van der Waals surface area contributed by atoms with E-state index in [-0.39, 0.29) is 29.7 Å². The van der Waals surface area contributed by atoms with Crippen molar-refractivity contribution >= 4 is 17.5 Å². The number of hydrogen-bond acceptors (Lipinski definition) is 4. The number of para-hydroxylation sites is 1. The van der Waals surface area contributed by atoms with E-state index in [2.05, 4.69) is 0 Å². The Labute approximate surface area is 134 Å². The minimum atomic E-state index is -0.353. The van der Waals surface area contributed by atoms with Crippen LogP contribution in [0.25, 0.3) is 0 Å². The molecule has 0 aromatic heterocycles. The first-order valence-corrected chi connectivity index (χ1v) is 7.73. The standard InChI is InChI=1S/C18H18N2O3/c1-19-9-8-12-14(23-2)10-13-15(16(12)19)18(22)20(17(13)21)11-6-4-3-5-7-11/h3-9,13,15-16H,10H2,1-2H3/t13-,15-,16+/m0/s1. The van der Waals surface area contributed by atoms with Crippen molar-refractivity contribution in [2.45, 2.75) is 12.5 Å². The van der Waals surface area contributed by atoms with E-state index in [4.69, 9.17) is 4.74 Å². The molecule has 0 radical (unpaired) electrons. The smallest absolute Gasteiger partial charge is 0.240 e. The molecule has 0 bridgehead atoms. The summed E-state index contributed by atoms with van der Waals surface area (Å²) in [5.41, 5.74) is 1.67. The number of carbonyl (C=O) groups excluding carboxylic acids is 2. The molecule has 4 rings (SSSR count). The molecular formula is C18H18N2O3. The lowest BCUT2D eigenvalue weighted by Gasteiger charge is -2.34. The number of likely N-dealkylation sites (N-methyl/N-ethyl adjacent to an activating group) is 1. The van der Waals surface area contributed by atoms with E-state index >= 15 is 0 Å². The van der Waals surface area contributed by atoms with Gasteiger partial charge in [-0.2, -0.15) is 0 Å². The maximum atomic E-state index is 13.0. The molecule has 3 atom stereocenters. The molecule has 118 valence electrons. The van der Waals surface area contributed by atoms with Gasteiger partial charge in [0, 0.05) is 19.0 Å². The van der Waals surface area contributed by atoms with Crippen LogP contribution >= 0.6 is 0 Å². The number of anilines is 1. The Morgan fingerprint density at radius 1 is 1.13 bits per heavy atom. The fourth-order valence-corrected chi connectivity index (χ4v) is 3.98. The highest BCUT2D eigenvalue weighted by molar-refractivity contribution is 6.22. The maximum absolute atomic E-state index is 13.0. The normalized spacial score (nSPS) is 29.2. The summed E-state index contributed by atoms with van der Waals surface area (Å²) in [5, 5.41) is 0. The molecule has 1 aliphatic carbocycles. The largest absolute Gasteiger partial charge is 0.501 e. The highest BCUT2D eigenvalue weighted by Gasteiger charge is 2.56. The van der Waals surface area contributed by atoms with Gasteiger partial charge in [0.25, 0.3) is 0 Å². The molecule has 1 saturated heterocycles. The Balaban J connectivity index is 1.78. The van der Waals surface area contributed by atoms with E-state index < -0.39 is 0 Å². The zero-order chi connectivity index (χ0) is 16.1. The average molecular weight is 310 g/mol. The van der Waals surface area contributed by atoms with Gasteiger partial charge in [0.1, 0.15) is 5.76 Å². The van der Waals surface area contributed by atoms with Crippen molar-refractivity contribution in [2.75, 3.05) is 19.1 Å². The second kappa shape index (κ2) is 4.98. The number of rotatable bonds is 2. The monoisotopic (exact) mass is 310 g/mol. The molecule has 0 saturated carbocycles. The van der Waals surface area contributed by atoms with E-state index in [1.54, 1.807) is 19.2 Å². The lowest BCUT2D eigenvalue weighted by Crippen LogP contribution is -2.43. The van der Waals surface area contributed by atoms with Gasteiger partial charge in [0.2, 0.25) is 11.8 Å². The van der Waals surface area contributed by atoms with E-state index in [0.29, 0.717) is 12.1 Å². The molecule has 3 aliphatic rings. The van der Waals surface area contributed by atoms with Crippen LogP contribution in [0.4, 0.5) is 5.69 Å². The Kier molecular flexibility index (Phi) is 3.04. The first-order chi connectivity index (χ1) is 11.1. The van der Waals surface area contributed by atoms with Crippen LogP contribution in [0.15, 0.2) is 53.9 Å². The highest BCUT2D eigenvalue weighted by Crippen LogP contribution is 2.46. The van der Waals surface area contributed by atoms with Crippen LogP contribution in [-0.2, 0) is 14.3 Å². The molecule has 0 spiro atoms. The molecule has 1 fully saturated rings. The minimum absolute atomic E-state index is 0.112. The maximum Gasteiger partial charge on any atom is 0.240 e. The average Bonchev–Trinajstić information content (AvgIpc) is 3.06. The fourth-order valence-electron chi connectivity index (χ4n) is 3.98. The van der Waals surface area contributed by atoms with Crippen LogP contribution in [0.5, 0.6) is 0 Å². The van der Waals surface area contributed by atoms with Crippen molar-refractivity contribution < 1.29 is 14.3 Å². The number of benzene rings is 1. The van der Waals surface area contributed by atoms with Crippen molar-refractivity contribution in [1.29, 1.82) is 0 Å². The Morgan fingerprint density at radius 2 is 1.87 bits per heavy atom. The third-order valence-corrected chi connectivity index (χ3v) is 5.05. The van der Waals surface area contributed by atoms with Crippen LogP contribution in [0.2, 0.25) is 0 Å². The third kappa shape index (κ3) is 1.86. The van der Waals surface area contributed by atoms with Gasteiger partial charge in [-0.05, 0) is 24.4 Å². The number of hydrogen-bond donors (Lipinski definition) is 0. The molecule has 1 aromatic rings. The lowest BCUT2D eigenvalue weighted by molar-refractivity contribution is -0.122. The quantitative estimate of drug-likeness (QED) is 0.783. The third-order valence-electron chi connectivity index (χ3n) is 5.05. The van der Waals surface area contributed by atoms with Crippen LogP contribution < -0.4 is 4.90 Å². The predicted octanol–water partition coefficient (Wildman–Crippen LogP) is 1.92. The molecule has 0 unspecified atom stereocenters. The SMILES string of the molecule is COC1=C2C=CN(C)[C@H]2[C@H]2C(=O)N(c3ccccc3)C(=O)[C@H]2C1. The van der Waals surface area contributed by atoms with Gasteiger partial charge in [-0.1, -0.05) is 18.2 Å². The van der Waals surface area contributed by atoms with Crippen LogP contribution in [-0.4, -0.2) is 36.9 Å². The van der Waals surface area contributed by atoms with E-state index in [9.17, 15) is 9.59 Å². The summed E-state index contributed by atoms with van der Waals surface area (Å²) in [6.45, 7) is 0. The topological polar surface area (TPSA) is 49.9 Å². The van der Waals surface area contributed by atoms with Crippen LogP contribution in [0.1, 0.15) is 6.42 Å². The number of fused-ring (bicyclic) bond motifs is 3. The van der Waals surface area contributed by atoms with Gasteiger partial charge in [0.15, 0.2) is 0 Å². The number of methoxy groups -OCH3 is 1. The summed E-state index contributed by atoms with van der Waals surface area (Å²) in [6.07, 6.45) is 4.42. The van der Waals surface area contributed by atoms with Gasteiger partial charge >= 0.3 is 0 Å². The second-order valence-corrected chi connectivity index (χ2v) is 6.19. The summed E-state index contributed by atoms with van der Waals surface area (Å²) < 4.78 is 5.51. The van der Waals surface area contributed by atoms with Crippen molar-refractivity contribution in [3.05, 3.63) is 53.9 Å². The zero-order valence-electron chi connectivity index (χ0n) is 13.1. The lowest BCUT2D eigenvalue weighted by atomic mass is 9.77. The molecule has 2 heterocycles. The number of carbonyl (C=O) groups is 2. The van der Waals surface area contributed by atoms with Crippen LogP contribution in [0.3, 0.4) is 0 Å². The molecule has 23 heavy (non-hydrogen) atoms. The predicted molar refractivity (Wildman–Crippen MR) is 85.3 cm³/mol. The van der Waals surface area contributed by atoms with Crippen LogP contribution in [0, 0.1) is 11.8 Å². The van der Waals surface area contributed by atoms with E-state index in [1.165, 1.54) is 4.90 Å². The summed E-state index contributed by atoms with van der Waals surface area (Å²) in [4.78, 5) is 29.3. The molecule has 2 aliphatic heterocycles. The second-order valence-electron chi connectivity index (χ2n) is 6.19. The first-order valence-electron chi connectivity index (χ1n) is 7.73. The molecular weight excluding hydrogens is 292 g/mol. The number of amides is 2.